The van der Waals surface area contributed by atoms with Gasteiger partial charge < -0.3 is 10.4 Å². The minimum atomic E-state index is -1.11. The van der Waals surface area contributed by atoms with Gasteiger partial charge in [0, 0.05) is 12.6 Å². The average Bonchev–Trinajstić information content (AvgIpc) is 2.22. The first-order chi connectivity index (χ1) is 8.13. The molecule has 0 aliphatic carbocycles. The van der Waals surface area contributed by atoms with Crippen LogP contribution in [0, 0.1) is 15.9 Å². The summed E-state index contributed by atoms with van der Waals surface area (Å²) in [7, 11) is 0. The van der Waals surface area contributed by atoms with Crippen molar-refractivity contribution in [2.75, 3.05) is 11.9 Å². The zero-order valence-electron chi connectivity index (χ0n) is 9.63. The molecule has 0 unspecified atom stereocenters. The molecule has 1 aromatic rings. The van der Waals surface area contributed by atoms with E-state index in [2.05, 4.69) is 21.2 Å². The highest BCUT2D eigenvalue weighted by molar-refractivity contribution is 9.10. The van der Waals surface area contributed by atoms with Gasteiger partial charge in [-0.2, -0.15) is 0 Å². The van der Waals surface area contributed by atoms with Crippen LogP contribution in [-0.2, 0) is 0 Å². The van der Waals surface area contributed by atoms with E-state index in [0.717, 1.165) is 6.07 Å². The highest BCUT2D eigenvalue weighted by atomic mass is 79.9. The molecular formula is C10H11BrClFN2O3. The van der Waals surface area contributed by atoms with Crippen LogP contribution in [0.3, 0.4) is 0 Å². The molecule has 0 spiro atoms. The van der Waals surface area contributed by atoms with Crippen LogP contribution in [0.1, 0.15) is 13.8 Å². The van der Waals surface area contributed by atoms with E-state index < -0.39 is 16.3 Å². The van der Waals surface area contributed by atoms with Crippen molar-refractivity contribution in [2.24, 2.45) is 0 Å². The zero-order valence-corrected chi connectivity index (χ0v) is 12.0. The summed E-state index contributed by atoms with van der Waals surface area (Å²) in [5.74, 6) is -0.791. The summed E-state index contributed by atoms with van der Waals surface area (Å²) >= 11 is 8.57. The van der Waals surface area contributed by atoms with Gasteiger partial charge in [0.1, 0.15) is 10.7 Å². The summed E-state index contributed by atoms with van der Waals surface area (Å²) in [4.78, 5) is 10.2. The third-order valence-corrected chi connectivity index (χ3v) is 2.97. The second-order valence-corrected chi connectivity index (χ2v) is 5.54. The van der Waals surface area contributed by atoms with Gasteiger partial charge in [0.15, 0.2) is 5.82 Å². The van der Waals surface area contributed by atoms with Crippen LogP contribution in [0.4, 0.5) is 15.8 Å². The molecule has 18 heavy (non-hydrogen) atoms. The molecule has 0 aliphatic rings. The summed E-state index contributed by atoms with van der Waals surface area (Å²) in [6.07, 6.45) is 0. The Kier molecular flexibility index (Phi) is 4.52. The molecule has 0 saturated carbocycles. The number of nitro benzene ring substituents is 1. The fraction of sp³-hybridized carbons (Fsp3) is 0.400. The third kappa shape index (κ3) is 3.54. The number of rotatable bonds is 4. The Bertz CT molecular complexity index is 491. The van der Waals surface area contributed by atoms with Gasteiger partial charge in [-0.1, -0.05) is 11.6 Å². The Hall–Kier alpha value is -0.920. The highest BCUT2D eigenvalue weighted by Gasteiger charge is 2.24. The van der Waals surface area contributed by atoms with E-state index in [-0.39, 0.29) is 27.4 Å². The molecule has 5 nitrogen and oxygen atoms in total. The fourth-order valence-electron chi connectivity index (χ4n) is 1.20. The molecule has 0 amide bonds. The molecular weight excluding hydrogens is 330 g/mol. The standard InChI is InChI=1S/C10H11BrClFN2O3/c1-10(2,16)4-14-9-6(15(17)18)3-5(11)8(13)7(9)12/h3,14,16H,4H2,1-2H3. The predicted molar refractivity (Wildman–Crippen MR) is 70.6 cm³/mol. The molecule has 0 atom stereocenters. The number of nitrogens with one attached hydrogen (secondary N) is 1. The fourth-order valence-corrected chi connectivity index (χ4v) is 1.99. The van der Waals surface area contributed by atoms with Gasteiger partial charge in [0.05, 0.1) is 15.0 Å². The SMILES string of the molecule is CC(C)(O)CNc1c([N+](=O)[O-])cc(Br)c(F)c1Cl. The van der Waals surface area contributed by atoms with Crippen LogP contribution >= 0.6 is 27.5 Å². The van der Waals surface area contributed by atoms with E-state index in [4.69, 9.17) is 11.6 Å². The lowest BCUT2D eigenvalue weighted by Crippen LogP contribution is -2.29. The van der Waals surface area contributed by atoms with Gasteiger partial charge in [0.2, 0.25) is 0 Å². The maximum absolute atomic E-state index is 13.6. The summed E-state index contributed by atoms with van der Waals surface area (Å²) in [5.41, 5.74) is -1.62. The topological polar surface area (TPSA) is 75.4 Å². The lowest BCUT2D eigenvalue weighted by atomic mass is 10.1. The smallest absolute Gasteiger partial charge is 0.295 e. The largest absolute Gasteiger partial charge is 0.389 e. The average molecular weight is 342 g/mol. The molecule has 0 radical (unpaired) electrons. The number of anilines is 1. The van der Waals surface area contributed by atoms with Gasteiger partial charge in [-0.05, 0) is 29.8 Å². The van der Waals surface area contributed by atoms with Crippen LogP contribution < -0.4 is 5.32 Å². The first-order valence-electron chi connectivity index (χ1n) is 4.91. The zero-order chi connectivity index (χ0) is 14.1. The number of hydrogen-bond donors (Lipinski definition) is 2. The van der Waals surface area contributed by atoms with Crippen molar-refractivity contribution >= 4 is 38.9 Å². The number of aliphatic hydroxyl groups is 1. The third-order valence-electron chi connectivity index (χ3n) is 2.04. The molecule has 0 fully saturated rings. The molecule has 0 aliphatic heterocycles. The second-order valence-electron chi connectivity index (χ2n) is 4.30. The van der Waals surface area contributed by atoms with Gasteiger partial charge >= 0.3 is 0 Å². The van der Waals surface area contributed by atoms with Gasteiger partial charge in [-0.3, -0.25) is 10.1 Å². The van der Waals surface area contributed by atoms with Gasteiger partial charge in [-0.15, -0.1) is 0 Å². The Labute approximate surface area is 116 Å². The molecule has 8 heteroatoms. The Morgan fingerprint density at radius 2 is 2.22 bits per heavy atom. The van der Waals surface area contributed by atoms with Crippen LogP contribution in [0.15, 0.2) is 10.5 Å². The summed E-state index contributed by atoms with van der Waals surface area (Å²) in [6, 6.07) is 1.02. The van der Waals surface area contributed by atoms with E-state index >= 15 is 0 Å². The molecule has 2 N–H and O–H groups in total. The van der Waals surface area contributed by atoms with E-state index in [1.807, 2.05) is 0 Å². The van der Waals surface area contributed by atoms with Crippen molar-refractivity contribution in [1.82, 2.24) is 0 Å². The molecule has 100 valence electrons. The Morgan fingerprint density at radius 1 is 1.67 bits per heavy atom. The predicted octanol–water partition coefficient (Wildman–Crippen LogP) is 3.33. The minimum absolute atomic E-state index is 0.00533. The maximum atomic E-state index is 13.6. The van der Waals surface area contributed by atoms with Crippen molar-refractivity contribution < 1.29 is 14.4 Å². The van der Waals surface area contributed by atoms with Crippen molar-refractivity contribution in [3.63, 3.8) is 0 Å². The van der Waals surface area contributed by atoms with Crippen molar-refractivity contribution in [3.05, 3.63) is 31.5 Å². The lowest BCUT2D eigenvalue weighted by molar-refractivity contribution is -0.384. The summed E-state index contributed by atoms with van der Waals surface area (Å²) in [5, 5.41) is 22.6. The number of benzene rings is 1. The maximum Gasteiger partial charge on any atom is 0.295 e. The molecule has 1 aromatic carbocycles. The Balaban J connectivity index is 3.23. The summed E-state index contributed by atoms with van der Waals surface area (Å²) in [6.45, 7) is 3.01. The van der Waals surface area contributed by atoms with Crippen molar-refractivity contribution in [2.45, 2.75) is 19.4 Å². The van der Waals surface area contributed by atoms with Crippen LogP contribution in [0.5, 0.6) is 0 Å². The molecule has 0 aromatic heterocycles. The molecule has 0 bridgehead atoms. The van der Waals surface area contributed by atoms with Crippen LogP contribution in [0.25, 0.3) is 0 Å². The number of hydrogen-bond acceptors (Lipinski definition) is 4. The first kappa shape index (κ1) is 15.1. The van der Waals surface area contributed by atoms with Crippen LogP contribution in [0.2, 0.25) is 5.02 Å². The van der Waals surface area contributed by atoms with Crippen molar-refractivity contribution in [1.29, 1.82) is 0 Å². The van der Waals surface area contributed by atoms with E-state index in [1.165, 1.54) is 13.8 Å². The van der Waals surface area contributed by atoms with Crippen molar-refractivity contribution in [3.8, 4) is 0 Å². The minimum Gasteiger partial charge on any atom is -0.389 e. The Morgan fingerprint density at radius 3 is 2.67 bits per heavy atom. The molecule has 1 rings (SSSR count). The quantitative estimate of drug-likeness (QED) is 0.500. The molecule has 0 heterocycles. The number of halogens is 3. The lowest BCUT2D eigenvalue weighted by Gasteiger charge is -2.19. The molecule has 0 saturated heterocycles. The second kappa shape index (κ2) is 5.38. The monoisotopic (exact) mass is 340 g/mol. The van der Waals surface area contributed by atoms with E-state index in [0.29, 0.717) is 0 Å². The van der Waals surface area contributed by atoms with E-state index in [1.54, 1.807) is 0 Å². The van der Waals surface area contributed by atoms with Gasteiger partial charge in [-0.25, -0.2) is 4.39 Å². The normalized spacial score (nSPS) is 11.4. The summed E-state index contributed by atoms with van der Waals surface area (Å²) < 4.78 is 13.5. The first-order valence-corrected chi connectivity index (χ1v) is 6.08. The van der Waals surface area contributed by atoms with Crippen LogP contribution in [-0.4, -0.2) is 22.2 Å². The highest BCUT2D eigenvalue weighted by Crippen LogP contribution is 2.38. The number of nitro groups is 1. The van der Waals surface area contributed by atoms with E-state index in [9.17, 15) is 19.6 Å². The van der Waals surface area contributed by atoms with Gasteiger partial charge in [0.25, 0.3) is 5.69 Å². The number of nitrogens with zero attached hydrogens (tertiary/aromatic N) is 1.